The average molecular weight is 358 g/mol. The lowest BCUT2D eigenvalue weighted by Crippen LogP contribution is -2.37. The molecule has 3 aliphatic rings. The van der Waals surface area contributed by atoms with Crippen molar-refractivity contribution in [1.82, 2.24) is 15.5 Å². The third-order valence-corrected chi connectivity index (χ3v) is 5.99. The molecule has 0 aromatic rings. The molecule has 0 spiro atoms. The number of carbonyl (C=O) groups excluding carboxylic acids is 2. The first-order chi connectivity index (χ1) is 11.2. The zero-order valence-corrected chi connectivity index (χ0v) is 15.4. The molecule has 3 rings (SSSR count). The van der Waals surface area contributed by atoms with Crippen molar-refractivity contribution in [3.8, 4) is 0 Å². The number of carbonyl (C=O) groups is 2. The molecule has 0 bridgehead atoms. The van der Waals surface area contributed by atoms with Crippen molar-refractivity contribution < 1.29 is 9.59 Å². The van der Waals surface area contributed by atoms with Crippen molar-refractivity contribution in [3.05, 3.63) is 0 Å². The molecule has 3 fully saturated rings. The predicted molar refractivity (Wildman–Crippen MR) is 97.1 cm³/mol. The van der Waals surface area contributed by atoms with Crippen LogP contribution >= 0.6 is 12.4 Å². The summed E-state index contributed by atoms with van der Waals surface area (Å²) >= 11 is 0. The van der Waals surface area contributed by atoms with Gasteiger partial charge in [-0.3, -0.25) is 9.59 Å². The Balaban J connectivity index is 0.00000208. The van der Waals surface area contributed by atoms with Crippen molar-refractivity contribution in [2.24, 2.45) is 17.8 Å². The molecule has 1 aliphatic carbocycles. The molecular formula is C18H32ClN3O2. The molecule has 24 heavy (non-hydrogen) atoms. The Bertz CT molecular complexity index is 412. The first kappa shape index (κ1) is 19.5. The number of amides is 2. The largest absolute Gasteiger partial charge is 0.355 e. The van der Waals surface area contributed by atoms with E-state index in [2.05, 4.69) is 10.6 Å². The first-order valence-corrected chi connectivity index (χ1v) is 9.50. The van der Waals surface area contributed by atoms with E-state index < -0.39 is 0 Å². The van der Waals surface area contributed by atoms with E-state index in [1.807, 2.05) is 4.90 Å². The molecule has 2 saturated heterocycles. The Labute approximate surface area is 151 Å². The molecular weight excluding hydrogens is 326 g/mol. The Morgan fingerprint density at radius 1 is 0.958 bits per heavy atom. The van der Waals surface area contributed by atoms with Gasteiger partial charge in [0.05, 0.1) is 0 Å². The number of nitrogens with one attached hydrogen (secondary N) is 2. The second-order valence-electron chi connectivity index (χ2n) is 7.51. The topological polar surface area (TPSA) is 61.4 Å². The van der Waals surface area contributed by atoms with Gasteiger partial charge in [-0.15, -0.1) is 12.4 Å². The van der Waals surface area contributed by atoms with E-state index in [0.717, 1.165) is 63.7 Å². The van der Waals surface area contributed by atoms with E-state index in [4.69, 9.17) is 0 Å². The molecule has 2 aliphatic heterocycles. The fraction of sp³-hybridized carbons (Fsp3) is 0.889. The summed E-state index contributed by atoms with van der Waals surface area (Å²) in [5.74, 6) is 2.05. The molecule has 6 heteroatoms. The highest BCUT2D eigenvalue weighted by molar-refractivity contribution is 5.85. The van der Waals surface area contributed by atoms with Crippen LogP contribution in [-0.2, 0) is 9.59 Å². The number of hydrogen-bond donors (Lipinski definition) is 2. The third kappa shape index (κ3) is 5.09. The summed E-state index contributed by atoms with van der Waals surface area (Å²) in [5, 5.41) is 6.44. The molecule has 1 saturated carbocycles. The maximum absolute atomic E-state index is 12.4. The predicted octanol–water partition coefficient (Wildman–Crippen LogP) is 1.95. The Morgan fingerprint density at radius 2 is 1.58 bits per heavy atom. The molecule has 0 aromatic carbocycles. The van der Waals surface area contributed by atoms with Crippen LogP contribution in [0, 0.1) is 17.8 Å². The fourth-order valence-electron chi connectivity index (χ4n) is 4.43. The summed E-state index contributed by atoms with van der Waals surface area (Å²) < 4.78 is 0. The number of halogens is 1. The van der Waals surface area contributed by atoms with Crippen molar-refractivity contribution in [2.45, 2.75) is 51.4 Å². The van der Waals surface area contributed by atoms with Gasteiger partial charge < -0.3 is 15.5 Å². The van der Waals surface area contributed by atoms with Crippen LogP contribution in [-0.4, -0.2) is 49.4 Å². The minimum atomic E-state index is 0. The van der Waals surface area contributed by atoms with Gasteiger partial charge in [0.15, 0.2) is 0 Å². The number of rotatable bonds is 4. The van der Waals surface area contributed by atoms with Gasteiger partial charge in [-0.25, -0.2) is 0 Å². The summed E-state index contributed by atoms with van der Waals surface area (Å²) in [6.45, 7) is 4.50. The SMILES string of the molecule is Cl.O=C(NCCC(=O)N1CC[C@@H]2CNC[C@@H]2CC1)C1CCCCC1. The Morgan fingerprint density at radius 3 is 2.21 bits per heavy atom. The summed E-state index contributed by atoms with van der Waals surface area (Å²) in [6, 6.07) is 0. The lowest BCUT2D eigenvalue weighted by atomic mass is 9.89. The molecule has 2 atom stereocenters. The van der Waals surface area contributed by atoms with Gasteiger partial charge in [0.1, 0.15) is 0 Å². The van der Waals surface area contributed by atoms with Crippen LogP contribution in [0.3, 0.4) is 0 Å². The summed E-state index contributed by atoms with van der Waals surface area (Å²) in [7, 11) is 0. The van der Waals surface area contributed by atoms with Crippen LogP contribution in [0.5, 0.6) is 0 Å². The smallest absolute Gasteiger partial charge is 0.224 e. The van der Waals surface area contributed by atoms with Crippen LogP contribution in [0.15, 0.2) is 0 Å². The van der Waals surface area contributed by atoms with Crippen molar-refractivity contribution in [1.29, 1.82) is 0 Å². The minimum Gasteiger partial charge on any atom is -0.355 e. The second-order valence-corrected chi connectivity index (χ2v) is 7.51. The maximum Gasteiger partial charge on any atom is 0.224 e. The minimum absolute atomic E-state index is 0. The van der Waals surface area contributed by atoms with Crippen LogP contribution in [0.2, 0.25) is 0 Å². The van der Waals surface area contributed by atoms with Crippen LogP contribution < -0.4 is 10.6 Å². The quantitative estimate of drug-likeness (QED) is 0.808. The van der Waals surface area contributed by atoms with Crippen LogP contribution in [0.25, 0.3) is 0 Å². The number of nitrogens with zero attached hydrogens (tertiary/aromatic N) is 1. The van der Waals surface area contributed by atoms with Crippen molar-refractivity contribution in [3.63, 3.8) is 0 Å². The molecule has 2 N–H and O–H groups in total. The van der Waals surface area contributed by atoms with Gasteiger partial charge in [0, 0.05) is 32.0 Å². The number of hydrogen-bond acceptors (Lipinski definition) is 3. The highest BCUT2D eigenvalue weighted by atomic mass is 35.5. The monoisotopic (exact) mass is 357 g/mol. The Kier molecular flexibility index (Phi) is 7.82. The van der Waals surface area contributed by atoms with Gasteiger partial charge in [-0.05, 0) is 50.6 Å². The van der Waals surface area contributed by atoms with Gasteiger partial charge in [-0.2, -0.15) is 0 Å². The zero-order valence-electron chi connectivity index (χ0n) is 14.6. The standard InChI is InChI=1S/C18H31N3O2.ClH/c22-17(6-9-20-18(23)14-4-2-1-3-5-14)21-10-7-15-12-19-13-16(15)8-11-21;/h14-16,19H,1-13H2,(H,20,23);1H/t15-,16+;. The molecule has 0 aromatic heterocycles. The third-order valence-electron chi connectivity index (χ3n) is 5.99. The Hall–Kier alpha value is -0.810. The van der Waals surface area contributed by atoms with Gasteiger partial charge in [0.25, 0.3) is 0 Å². The number of fused-ring (bicyclic) bond motifs is 1. The molecule has 0 unspecified atom stereocenters. The lowest BCUT2D eigenvalue weighted by molar-refractivity contribution is -0.131. The van der Waals surface area contributed by atoms with Crippen molar-refractivity contribution >= 4 is 24.2 Å². The van der Waals surface area contributed by atoms with Gasteiger partial charge in [0.2, 0.25) is 11.8 Å². The fourth-order valence-corrected chi connectivity index (χ4v) is 4.43. The molecule has 138 valence electrons. The van der Waals surface area contributed by atoms with E-state index in [1.165, 1.54) is 19.3 Å². The zero-order chi connectivity index (χ0) is 16.1. The first-order valence-electron chi connectivity index (χ1n) is 9.50. The normalized spacial score (nSPS) is 27.8. The van der Waals surface area contributed by atoms with Crippen molar-refractivity contribution in [2.75, 3.05) is 32.7 Å². The second kappa shape index (κ2) is 9.62. The highest BCUT2D eigenvalue weighted by Crippen LogP contribution is 2.27. The highest BCUT2D eigenvalue weighted by Gasteiger charge is 2.31. The lowest BCUT2D eigenvalue weighted by Gasteiger charge is -2.22. The molecule has 2 heterocycles. The van der Waals surface area contributed by atoms with Gasteiger partial charge in [-0.1, -0.05) is 19.3 Å². The van der Waals surface area contributed by atoms with Crippen LogP contribution in [0.1, 0.15) is 51.4 Å². The molecule has 2 amide bonds. The summed E-state index contributed by atoms with van der Waals surface area (Å²) in [5.41, 5.74) is 0. The van der Waals surface area contributed by atoms with E-state index in [0.29, 0.717) is 13.0 Å². The molecule has 5 nitrogen and oxygen atoms in total. The van der Waals surface area contributed by atoms with E-state index >= 15 is 0 Å². The average Bonchev–Trinajstić information content (AvgIpc) is 2.93. The van der Waals surface area contributed by atoms with Crippen LogP contribution in [0.4, 0.5) is 0 Å². The maximum atomic E-state index is 12.4. The molecule has 0 radical (unpaired) electrons. The van der Waals surface area contributed by atoms with Gasteiger partial charge >= 0.3 is 0 Å². The summed E-state index contributed by atoms with van der Waals surface area (Å²) in [6.07, 6.45) is 8.33. The van der Waals surface area contributed by atoms with E-state index in [-0.39, 0.29) is 30.1 Å². The van der Waals surface area contributed by atoms with E-state index in [1.54, 1.807) is 0 Å². The number of likely N-dealkylation sites (tertiary alicyclic amines) is 1. The summed E-state index contributed by atoms with van der Waals surface area (Å²) in [4.78, 5) is 26.5. The van der Waals surface area contributed by atoms with E-state index in [9.17, 15) is 9.59 Å².